The van der Waals surface area contributed by atoms with Gasteiger partial charge in [0.1, 0.15) is 0 Å². The molecule has 2 rings (SSSR count). The highest BCUT2D eigenvalue weighted by molar-refractivity contribution is 5.91. The SMILES string of the molecule is O=C(C=Cc1ccccc1)NCCCCc1ccccc1. The Hall–Kier alpha value is -2.35. The van der Waals surface area contributed by atoms with Gasteiger partial charge in [0.05, 0.1) is 0 Å². The summed E-state index contributed by atoms with van der Waals surface area (Å²) in [5.41, 5.74) is 2.39. The fourth-order valence-electron chi connectivity index (χ4n) is 2.11. The van der Waals surface area contributed by atoms with Crippen molar-refractivity contribution in [1.29, 1.82) is 0 Å². The average Bonchev–Trinajstić information content (AvgIpc) is 2.54. The maximum Gasteiger partial charge on any atom is 0.243 e. The number of hydrogen-bond donors (Lipinski definition) is 1. The third-order valence-electron chi connectivity index (χ3n) is 3.26. The molecule has 0 atom stereocenters. The van der Waals surface area contributed by atoms with Gasteiger partial charge in [-0.1, -0.05) is 60.7 Å². The number of amides is 1. The predicted molar refractivity (Wildman–Crippen MR) is 87.9 cm³/mol. The van der Waals surface area contributed by atoms with Crippen molar-refractivity contribution in [2.75, 3.05) is 6.54 Å². The van der Waals surface area contributed by atoms with Gasteiger partial charge in [0.15, 0.2) is 0 Å². The lowest BCUT2D eigenvalue weighted by Crippen LogP contribution is -2.22. The van der Waals surface area contributed by atoms with Gasteiger partial charge >= 0.3 is 0 Å². The molecule has 2 nitrogen and oxygen atoms in total. The van der Waals surface area contributed by atoms with E-state index >= 15 is 0 Å². The van der Waals surface area contributed by atoms with Gasteiger partial charge in [-0.2, -0.15) is 0 Å². The van der Waals surface area contributed by atoms with E-state index in [-0.39, 0.29) is 5.91 Å². The zero-order chi connectivity index (χ0) is 14.8. The lowest BCUT2D eigenvalue weighted by atomic mass is 10.1. The predicted octanol–water partition coefficient (Wildman–Crippen LogP) is 3.84. The lowest BCUT2D eigenvalue weighted by molar-refractivity contribution is -0.116. The number of carbonyl (C=O) groups is 1. The largest absolute Gasteiger partial charge is 0.353 e. The molecule has 0 radical (unpaired) electrons. The quantitative estimate of drug-likeness (QED) is 0.605. The van der Waals surface area contributed by atoms with E-state index in [1.54, 1.807) is 6.08 Å². The van der Waals surface area contributed by atoms with Gasteiger partial charge in [-0.15, -0.1) is 0 Å². The molecule has 2 heteroatoms. The van der Waals surface area contributed by atoms with Crippen LogP contribution in [0.2, 0.25) is 0 Å². The number of hydrogen-bond acceptors (Lipinski definition) is 1. The molecular weight excluding hydrogens is 258 g/mol. The molecule has 0 heterocycles. The second kappa shape index (κ2) is 8.75. The van der Waals surface area contributed by atoms with Gasteiger partial charge in [-0.25, -0.2) is 0 Å². The first-order valence-electron chi connectivity index (χ1n) is 7.39. The van der Waals surface area contributed by atoms with Crippen LogP contribution in [0.5, 0.6) is 0 Å². The Morgan fingerprint density at radius 3 is 2.29 bits per heavy atom. The molecule has 0 fully saturated rings. The van der Waals surface area contributed by atoms with Crippen LogP contribution in [0.3, 0.4) is 0 Å². The number of unbranched alkanes of at least 4 members (excludes halogenated alkanes) is 1. The highest BCUT2D eigenvalue weighted by Crippen LogP contribution is 2.04. The van der Waals surface area contributed by atoms with Crippen molar-refractivity contribution in [2.24, 2.45) is 0 Å². The number of carbonyl (C=O) groups excluding carboxylic acids is 1. The monoisotopic (exact) mass is 279 g/mol. The summed E-state index contributed by atoms with van der Waals surface area (Å²) >= 11 is 0. The summed E-state index contributed by atoms with van der Waals surface area (Å²) in [5.74, 6) is -0.0291. The molecule has 0 aliphatic carbocycles. The van der Waals surface area contributed by atoms with Crippen LogP contribution in [0.1, 0.15) is 24.0 Å². The number of benzene rings is 2. The summed E-state index contributed by atoms with van der Waals surface area (Å²) in [6.45, 7) is 0.727. The third kappa shape index (κ3) is 6.09. The summed E-state index contributed by atoms with van der Waals surface area (Å²) in [5, 5.41) is 2.91. The molecule has 108 valence electrons. The fraction of sp³-hybridized carbons (Fsp3) is 0.211. The van der Waals surface area contributed by atoms with E-state index < -0.39 is 0 Å². The number of aryl methyl sites for hydroxylation is 1. The molecule has 2 aromatic carbocycles. The molecule has 1 amide bonds. The molecule has 0 aliphatic rings. The molecule has 0 bridgehead atoms. The van der Waals surface area contributed by atoms with Crippen LogP contribution in [0, 0.1) is 0 Å². The van der Waals surface area contributed by atoms with Gasteiger partial charge in [-0.05, 0) is 36.5 Å². The van der Waals surface area contributed by atoms with Crippen LogP contribution in [-0.2, 0) is 11.2 Å². The van der Waals surface area contributed by atoms with Crippen molar-refractivity contribution < 1.29 is 4.79 Å². The second-order valence-electron chi connectivity index (χ2n) is 4.98. The molecule has 0 saturated heterocycles. The van der Waals surface area contributed by atoms with Crippen LogP contribution in [0.15, 0.2) is 66.7 Å². The minimum absolute atomic E-state index is 0.0291. The minimum atomic E-state index is -0.0291. The lowest BCUT2D eigenvalue weighted by Gasteiger charge is -2.03. The minimum Gasteiger partial charge on any atom is -0.353 e. The summed E-state index contributed by atoms with van der Waals surface area (Å²) in [6.07, 6.45) is 6.58. The number of rotatable bonds is 7. The van der Waals surface area contributed by atoms with Crippen molar-refractivity contribution in [2.45, 2.75) is 19.3 Å². The van der Waals surface area contributed by atoms with E-state index in [0.717, 1.165) is 31.4 Å². The zero-order valence-electron chi connectivity index (χ0n) is 12.2. The van der Waals surface area contributed by atoms with Crippen molar-refractivity contribution >= 4 is 12.0 Å². The zero-order valence-corrected chi connectivity index (χ0v) is 12.2. The first kappa shape index (κ1) is 15.0. The molecule has 2 aromatic rings. The summed E-state index contributed by atoms with van der Waals surface area (Å²) in [6, 6.07) is 20.3. The van der Waals surface area contributed by atoms with E-state index in [4.69, 9.17) is 0 Å². The molecule has 1 N–H and O–H groups in total. The maximum atomic E-state index is 11.7. The first-order valence-corrected chi connectivity index (χ1v) is 7.39. The van der Waals surface area contributed by atoms with Gasteiger partial charge < -0.3 is 5.32 Å². The van der Waals surface area contributed by atoms with Gasteiger partial charge in [-0.3, -0.25) is 4.79 Å². The Bertz CT molecular complexity index is 561. The Morgan fingerprint density at radius 2 is 1.57 bits per heavy atom. The molecule has 21 heavy (non-hydrogen) atoms. The molecule has 0 aliphatic heterocycles. The Balaban J connectivity index is 1.60. The standard InChI is InChI=1S/C19H21NO/c21-19(15-14-18-11-5-2-6-12-18)20-16-8-7-13-17-9-3-1-4-10-17/h1-6,9-12,14-15H,7-8,13,16H2,(H,20,21). The first-order chi connectivity index (χ1) is 10.3. The highest BCUT2D eigenvalue weighted by atomic mass is 16.1. The van der Waals surface area contributed by atoms with Crippen LogP contribution in [-0.4, -0.2) is 12.5 Å². The van der Waals surface area contributed by atoms with Gasteiger partial charge in [0.2, 0.25) is 5.91 Å². The fourth-order valence-corrected chi connectivity index (χ4v) is 2.11. The van der Waals surface area contributed by atoms with Gasteiger partial charge in [0.25, 0.3) is 0 Å². The molecular formula is C19H21NO. The van der Waals surface area contributed by atoms with Crippen LogP contribution in [0.4, 0.5) is 0 Å². The van der Waals surface area contributed by atoms with Crippen LogP contribution >= 0.6 is 0 Å². The van der Waals surface area contributed by atoms with E-state index in [9.17, 15) is 4.79 Å². The highest BCUT2D eigenvalue weighted by Gasteiger charge is 1.96. The smallest absolute Gasteiger partial charge is 0.243 e. The summed E-state index contributed by atoms with van der Waals surface area (Å²) < 4.78 is 0. The molecule has 0 unspecified atom stereocenters. The van der Waals surface area contributed by atoms with E-state index in [1.165, 1.54) is 5.56 Å². The summed E-state index contributed by atoms with van der Waals surface area (Å²) in [7, 11) is 0. The van der Waals surface area contributed by atoms with Crippen LogP contribution < -0.4 is 5.32 Å². The third-order valence-corrected chi connectivity index (χ3v) is 3.26. The second-order valence-corrected chi connectivity index (χ2v) is 4.98. The van der Waals surface area contributed by atoms with Gasteiger partial charge in [0, 0.05) is 12.6 Å². The Labute approximate surface area is 126 Å². The van der Waals surface area contributed by atoms with Crippen molar-refractivity contribution in [3.63, 3.8) is 0 Å². The number of nitrogens with one attached hydrogen (secondary N) is 1. The Kier molecular flexibility index (Phi) is 6.27. The van der Waals surface area contributed by atoms with Crippen molar-refractivity contribution in [3.05, 3.63) is 77.9 Å². The van der Waals surface area contributed by atoms with Crippen LogP contribution in [0.25, 0.3) is 6.08 Å². The van der Waals surface area contributed by atoms with Crippen molar-refractivity contribution in [3.8, 4) is 0 Å². The molecule has 0 spiro atoms. The maximum absolute atomic E-state index is 11.7. The van der Waals surface area contributed by atoms with E-state index in [2.05, 4.69) is 29.6 Å². The van der Waals surface area contributed by atoms with E-state index in [1.807, 2.05) is 42.5 Å². The van der Waals surface area contributed by atoms with Crippen molar-refractivity contribution in [1.82, 2.24) is 5.32 Å². The molecule has 0 saturated carbocycles. The summed E-state index contributed by atoms with van der Waals surface area (Å²) in [4.78, 5) is 11.7. The van der Waals surface area contributed by atoms with E-state index in [0.29, 0.717) is 0 Å². The molecule has 0 aromatic heterocycles. The topological polar surface area (TPSA) is 29.1 Å². The Morgan fingerprint density at radius 1 is 0.905 bits per heavy atom. The average molecular weight is 279 g/mol. The normalized spacial score (nSPS) is 10.7.